The number of benzene rings is 1. The van der Waals surface area contributed by atoms with Crippen molar-refractivity contribution in [1.29, 1.82) is 0 Å². The standard InChI is InChI=1S/C18H27N3O4/c1-3-15-6-5-7-16(14-15)25-13-8-19-17(22)20-9-11-21(12-10-20)18(23)24-4-2/h5-7,14H,3-4,8-13H2,1-2H3,(H,19,22). The molecule has 0 radical (unpaired) electrons. The van der Waals surface area contributed by atoms with Gasteiger partial charge in [-0.1, -0.05) is 19.1 Å². The van der Waals surface area contributed by atoms with Crippen molar-refractivity contribution in [3.05, 3.63) is 29.8 Å². The summed E-state index contributed by atoms with van der Waals surface area (Å²) in [7, 11) is 0. The molecule has 2 rings (SSSR count). The Labute approximate surface area is 148 Å². The minimum Gasteiger partial charge on any atom is -0.492 e. The van der Waals surface area contributed by atoms with Crippen LogP contribution in [-0.4, -0.2) is 67.9 Å². The summed E-state index contributed by atoms with van der Waals surface area (Å²) in [5.74, 6) is 0.816. The first-order valence-corrected chi connectivity index (χ1v) is 8.80. The van der Waals surface area contributed by atoms with E-state index in [9.17, 15) is 9.59 Å². The Balaban J connectivity index is 1.65. The topological polar surface area (TPSA) is 71.1 Å². The second kappa shape index (κ2) is 9.76. The first-order chi connectivity index (χ1) is 12.1. The second-order valence-electron chi connectivity index (χ2n) is 5.75. The molecule has 1 fully saturated rings. The van der Waals surface area contributed by atoms with Crippen molar-refractivity contribution in [2.75, 3.05) is 45.9 Å². The summed E-state index contributed by atoms with van der Waals surface area (Å²) in [6.45, 7) is 7.09. The number of rotatable bonds is 6. The fourth-order valence-electron chi connectivity index (χ4n) is 2.60. The zero-order valence-electron chi connectivity index (χ0n) is 15.0. The highest BCUT2D eigenvalue weighted by molar-refractivity contribution is 5.75. The quantitative estimate of drug-likeness (QED) is 0.799. The van der Waals surface area contributed by atoms with Crippen LogP contribution in [0.15, 0.2) is 24.3 Å². The summed E-state index contributed by atoms with van der Waals surface area (Å²) < 4.78 is 10.6. The Morgan fingerprint density at radius 2 is 1.84 bits per heavy atom. The number of piperazine rings is 1. The predicted molar refractivity (Wildman–Crippen MR) is 94.9 cm³/mol. The van der Waals surface area contributed by atoms with Gasteiger partial charge in [-0.2, -0.15) is 0 Å². The van der Waals surface area contributed by atoms with Gasteiger partial charge in [-0.05, 0) is 31.0 Å². The number of aryl methyl sites for hydroxylation is 1. The van der Waals surface area contributed by atoms with E-state index >= 15 is 0 Å². The van der Waals surface area contributed by atoms with Crippen LogP contribution >= 0.6 is 0 Å². The van der Waals surface area contributed by atoms with Crippen LogP contribution in [0.2, 0.25) is 0 Å². The maximum Gasteiger partial charge on any atom is 0.409 e. The number of amides is 3. The van der Waals surface area contributed by atoms with E-state index < -0.39 is 0 Å². The van der Waals surface area contributed by atoms with Gasteiger partial charge in [0.25, 0.3) is 0 Å². The van der Waals surface area contributed by atoms with Crippen LogP contribution in [0, 0.1) is 0 Å². The van der Waals surface area contributed by atoms with E-state index in [0.29, 0.717) is 45.9 Å². The molecule has 1 aliphatic rings. The van der Waals surface area contributed by atoms with Crippen LogP contribution in [0.4, 0.5) is 9.59 Å². The summed E-state index contributed by atoms with van der Waals surface area (Å²) in [6.07, 6.45) is 0.649. The second-order valence-corrected chi connectivity index (χ2v) is 5.75. The zero-order valence-corrected chi connectivity index (χ0v) is 15.0. The lowest BCUT2D eigenvalue weighted by Crippen LogP contribution is -2.53. The summed E-state index contributed by atoms with van der Waals surface area (Å²) in [4.78, 5) is 27.1. The average molecular weight is 349 g/mol. The van der Waals surface area contributed by atoms with Gasteiger partial charge in [0.05, 0.1) is 13.2 Å². The molecule has 0 aromatic heterocycles. The minimum absolute atomic E-state index is 0.130. The lowest BCUT2D eigenvalue weighted by Gasteiger charge is -2.33. The van der Waals surface area contributed by atoms with Gasteiger partial charge < -0.3 is 24.6 Å². The Hall–Kier alpha value is -2.44. The van der Waals surface area contributed by atoms with Crippen LogP contribution < -0.4 is 10.1 Å². The molecule has 0 atom stereocenters. The van der Waals surface area contributed by atoms with E-state index in [1.165, 1.54) is 5.56 Å². The Kier molecular flexibility index (Phi) is 7.37. The molecule has 0 bridgehead atoms. The molecule has 0 unspecified atom stereocenters. The summed E-state index contributed by atoms with van der Waals surface area (Å²) in [5, 5.41) is 2.85. The molecular weight excluding hydrogens is 322 g/mol. The lowest BCUT2D eigenvalue weighted by atomic mass is 10.2. The third-order valence-corrected chi connectivity index (χ3v) is 4.05. The van der Waals surface area contributed by atoms with Crippen LogP contribution in [-0.2, 0) is 11.2 Å². The number of hydrogen-bond acceptors (Lipinski definition) is 4. The molecular formula is C18H27N3O4. The van der Waals surface area contributed by atoms with Crippen molar-refractivity contribution in [3.63, 3.8) is 0 Å². The van der Waals surface area contributed by atoms with Crippen LogP contribution in [0.5, 0.6) is 5.75 Å². The summed E-state index contributed by atoms with van der Waals surface area (Å²) in [5.41, 5.74) is 1.22. The number of carbonyl (C=O) groups is 2. The number of nitrogens with one attached hydrogen (secondary N) is 1. The largest absolute Gasteiger partial charge is 0.492 e. The fraction of sp³-hybridized carbons (Fsp3) is 0.556. The van der Waals surface area contributed by atoms with Crippen molar-refractivity contribution in [1.82, 2.24) is 15.1 Å². The molecule has 1 aromatic carbocycles. The highest BCUT2D eigenvalue weighted by Crippen LogP contribution is 2.13. The van der Waals surface area contributed by atoms with Gasteiger partial charge in [0.15, 0.2) is 0 Å². The third-order valence-electron chi connectivity index (χ3n) is 4.05. The third kappa shape index (κ3) is 5.85. The molecule has 138 valence electrons. The van der Waals surface area contributed by atoms with Crippen LogP contribution in [0.1, 0.15) is 19.4 Å². The first-order valence-electron chi connectivity index (χ1n) is 8.80. The molecule has 1 N–H and O–H groups in total. The van der Waals surface area contributed by atoms with Gasteiger partial charge in [0.1, 0.15) is 12.4 Å². The molecule has 1 saturated heterocycles. The maximum absolute atomic E-state index is 12.1. The van der Waals surface area contributed by atoms with Gasteiger partial charge in [-0.25, -0.2) is 9.59 Å². The van der Waals surface area contributed by atoms with E-state index in [0.717, 1.165) is 12.2 Å². The van der Waals surface area contributed by atoms with E-state index in [-0.39, 0.29) is 12.1 Å². The molecule has 7 nitrogen and oxygen atoms in total. The number of hydrogen-bond donors (Lipinski definition) is 1. The van der Waals surface area contributed by atoms with E-state index in [2.05, 4.69) is 18.3 Å². The average Bonchev–Trinajstić information content (AvgIpc) is 2.65. The van der Waals surface area contributed by atoms with Crippen molar-refractivity contribution >= 4 is 12.1 Å². The van der Waals surface area contributed by atoms with Crippen LogP contribution in [0.3, 0.4) is 0 Å². The van der Waals surface area contributed by atoms with E-state index in [4.69, 9.17) is 9.47 Å². The highest BCUT2D eigenvalue weighted by atomic mass is 16.6. The number of nitrogens with zero attached hydrogens (tertiary/aromatic N) is 2. The van der Waals surface area contributed by atoms with E-state index in [1.54, 1.807) is 16.7 Å². The highest BCUT2D eigenvalue weighted by Gasteiger charge is 2.24. The SMILES string of the molecule is CCOC(=O)N1CCN(C(=O)NCCOc2cccc(CC)c2)CC1. The van der Waals surface area contributed by atoms with Gasteiger partial charge >= 0.3 is 12.1 Å². The zero-order chi connectivity index (χ0) is 18.1. The van der Waals surface area contributed by atoms with Crippen molar-refractivity contribution in [2.45, 2.75) is 20.3 Å². The molecule has 1 aromatic rings. The lowest BCUT2D eigenvalue weighted by molar-refractivity contribution is 0.0851. The van der Waals surface area contributed by atoms with Crippen molar-refractivity contribution in [2.24, 2.45) is 0 Å². The molecule has 3 amide bonds. The molecule has 25 heavy (non-hydrogen) atoms. The van der Waals surface area contributed by atoms with Gasteiger partial charge in [0, 0.05) is 26.2 Å². The smallest absolute Gasteiger partial charge is 0.409 e. The Bertz CT molecular complexity index is 571. The molecule has 0 aliphatic carbocycles. The predicted octanol–water partition coefficient (Wildman–Crippen LogP) is 2.11. The van der Waals surface area contributed by atoms with Gasteiger partial charge in [0.2, 0.25) is 0 Å². The number of ether oxygens (including phenoxy) is 2. The fourth-order valence-corrected chi connectivity index (χ4v) is 2.60. The molecule has 1 aliphatic heterocycles. The summed E-state index contributed by atoms with van der Waals surface area (Å²) >= 11 is 0. The monoisotopic (exact) mass is 349 g/mol. The molecule has 0 saturated carbocycles. The maximum atomic E-state index is 12.1. The molecule has 0 spiro atoms. The van der Waals surface area contributed by atoms with Gasteiger partial charge in [-0.15, -0.1) is 0 Å². The first kappa shape index (κ1) is 18.9. The Morgan fingerprint density at radius 3 is 2.52 bits per heavy atom. The van der Waals surface area contributed by atoms with Crippen molar-refractivity contribution in [3.8, 4) is 5.75 Å². The summed E-state index contributed by atoms with van der Waals surface area (Å²) in [6, 6.07) is 7.82. The number of urea groups is 1. The van der Waals surface area contributed by atoms with Crippen LogP contribution in [0.25, 0.3) is 0 Å². The van der Waals surface area contributed by atoms with Gasteiger partial charge in [-0.3, -0.25) is 0 Å². The number of carbonyl (C=O) groups excluding carboxylic acids is 2. The van der Waals surface area contributed by atoms with E-state index in [1.807, 2.05) is 18.2 Å². The Morgan fingerprint density at radius 1 is 1.12 bits per heavy atom. The molecule has 1 heterocycles. The molecule has 7 heteroatoms. The van der Waals surface area contributed by atoms with Crippen molar-refractivity contribution < 1.29 is 19.1 Å². The minimum atomic E-state index is -0.315. The normalized spacial score (nSPS) is 14.2.